The molecule has 1 fully saturated rings. The zero-order chi connectivity index (χ0) is 14.2. The smallest absolute Gasteiger partial charge is 0.384 e. The predicted octanol–water partition coefficient (Wildman–Crippen LogP) is 2.81. The Kier molecular flexibility index (Phi) is 3.43. The van der Waals surface area contributed by atoms with Crippen LogP contribution in [0.5, 0.6) is 0 Å². The number of amidine groups is 1. The highest BCUT2D eigenvalue weighted by Crippen LogP contribution is 2.35. The van der Waals surface area contributed by atoms with Crippen molar-refractivity contribution in [3.8, 4) is 0 Å². The molecule has 2 rings (SSSR count). The van der Waals surface area contributed by atoms with Gasteiger partial charge in [0.1, 0.15) is 12.4 Å². The van der Waals surface area contributed by atoms with Gasteiger partial charge in [0.25, 0.3) is 0 Å². The molecular weight excluding hydrogens is 255 g/mol. The highest BCUT2D eigenvalue weighted by atomic mass is 19.4. The average Bonchev–Trinajstić information content (AvgIpc) is 3.07. The molecule has 0 spiro atoms. The molecule has 0 radical (unpaired) electrons. The maximum absolute atomic E-state index is 12.6. The number of alkyl halides is 3. The van der Waals surface area contributed by atoms with Crippen LogP contribution in [0, 0.1) is 12.3 Å². The summed E-state index contributed by atoms with van der Waals surface area (Å²) in [6.07, 6.45) is -2.62. The number of aryl methyl sites for hydroxylation is 1. The molecule has 6 heteroatoms. The lowest BCUT2D eigenvalue weighted by atomic mass is 10.1. The van der Waals surface area contributed by atoms with Crippen LogP contribution in [0.25, 0.3) is 0 Å². The topological polar surface area (TPSA) is 53.1 Å². The number of nitrogen functional groups attached to an aromatic ring is 1. The van der Waals surface area contributed by atoms with E-state index in [0.29, 0.717) is 11.3 Å². The number of rotatable bonds is 4. The molecule has 1 aliphatic rings. The van der Waals surface area contributed by atoms with Crippen molar-refractivity contribution >= 4 is 11.5 Å². The molecule has 1 aromatic rings. The quantitative estimate of drug-likeness (QED) is 0.653. The van der Waals surface area contributed by atoms with Crippen LogP contribution >= 0.6 is 0 Å². The average molecular weight is 271 g/mol. The molecule has 0 heterocycles. The third kappa shape index (κ3) is 3.39. The summed E-state index contributed by atoms with van der Waals surface area (Å²) < 4.78 is 37.8. The molecule has 0 amide bonds. The van der Waals surface area contributed by atoms with Gasteiger partial charge in [0.05, 0.1) is 0 Å². The normalized spacial score (nSPS) is 15.4. The Labute approximate surface area is 109 Å². The van der Waals surface area contributed by atoms with E-state index in [1.165, 1.54) is 4.90 Å². The van der Waals surface area contributed by atoms with E-state index < -0.39 is 12.7 Å². The molecular formula is C13H16F3N3. The summed E-state index contributed by atoms with van der Waals surface area (Å²) in [5, 5.41) is 7.38. The molecule has 1 aromatic carbocycles. The molecule has 3 nitrogen and oxygen atoms in total. The Hall–Kier alpha value is -1.72. The highest BCUT2D eigenvalue weighted by Gasteiger charge is 2.38. The third-order valence-corrected chi connectivity index (χ3v) is 3.17. The van der Waals surface area contributed by atoms with Crippen LogP contribution in [0.15, 0.2) is 18.2 Å². The summed E-state index contributed by atoms with van der Waals surface area (Å²) in [5.74, 6) is -0.0714. The lowest BCUT2D eigenvalue weighted by molar-refractivity contribution is -0.120. The van der Waals surface area contributed by atoms with Crippen LogP contribution in [0.1, 0.15) is 24.0 Å². The van der Waals surface area contributed by atoms with Gasteiger partial charge >= 0.3 is 6.18 Å². The first-order valence-corrected chi connectivity index (χ1v) is 6.06. The number of halogens is 3. The standard InChI is InChI=1S/C13H16F3N3/c1-8-6-10(4-5-11(8)12(17)18)19(9-2-3-9)7-13(14,15)16/h4-6,9H,2-3,7H2,1H3,(H3,17,18). The Morgan fingerprint density at radius 1 is 1.42 bits per heavy atom. The highest BCUT2D eigenvalue weighted by molar-refractivity contribution is 5.96. The van der Waals surface area contributed by atoms with Gasteiger partial charge in [0.15, 0.2) is 0 Å². The minimum absolute atomic E-state index is 0.0239. The fourth-order valence-corrected chi connectivity index (χ4v) is 2.14. The first-order chi connectivity index (χ1) is 8.78. The van der Waals surface area contributed by atoms with Gasteiger partial charge in [-0.15, -0.1) is 0 Å². The van der Waals surface area contributed by atoms with E-state index in [4.69, 9.17) is 11.1 Å². The SMILES string of the molecule is Cc1cc(N(CC(F)(F)F)C2CC2)ccc1C(=N)N. The second-order valence-corrected chi connectivity index (χ2v) is 4.89. The Bertz CT molecular complexity index is 492. The molecule has 1 aliphatic carbocycles. The lowest BCUT2D eigenvalue weighted by Gasteiger charge is -2.26. The summed E-state index contributed by atoms with van der Waals surface area (Å²) >= 11 is 0. The summed E-state index contributed by atoms with van der Waals surface area (Å²) in [6.45, 7) is 0.815. The molecule has 0 saturated heterocycles. The van der Waals surface area contributed by atoms with Crippen LogP contribution < -0.4 is 10.6 Å². The zero-order valence-electron chi connectivity index (χ0n) is 10.6. The molecule has 0 atom stereocenters. The van der Waals surface area contributed by atoms with Crippen LogP contribution in [0.2, 0.25) is 0 Å². The van der Waals surface area contributed by atoms with E-state index in [-0.39, 0.29) is 11.9 Å². The van der Waals surface area contributed by atoms with Gasteiger partial charge in [-0.2, -0.15) is 13.2 Å². The van der Waals surface area contributed by atoms with Crippen LogP contribution in [-0.2, 0) is 0 Å². The Morgan fingerprint density at radius 2 is 2.05 bits per heavy atom. The van der Waals surface area contributed by atoms with E-state index in [9.17, 15) is 13.2 Å². The number of nitrogens with zero attached hydrogens (tertiary/aromatic N) is 1. The molecule has 19 heavy (non-hydrogen) atoms. The number of nitrogens with two attached hydrogens (primary N) is 1. The Balaban J connectivity index is 2.27. The molecule has 0 unspecified atom stereocenters. The van der Waals surface area contributed by atoms with Crippen LogP contribution in [0.4, 0.5) is 18.9 Å². The van der Waals surface area contributed by atoms with Gasteiger partial charge in [-0.05, 0) is 43.5 Å². The van der Waals surface area contributed by atoms with Crippen molar-refractivity contribution in [2.45, 2.75) is 32.0 Å². The number of nitrogens with one attached hydrogen (secondary N) is 1. The van der Waals surface area contributed by atoms with E-state index in [0.717, 1.165) is 18.4 Å². The van der Waals surface area contributed by atoms with Crippen molar-refractivity contribution in [1.82, 2.24) is 0 Å². The van der Waals surface area contributed by atoms with Crippen molar-refractivity contribution in [1.29, 1.82) is 5.41 Å². The largest absolute Gasteiger partial charge is 0.405 e. The van der Waals surface area contributed by atoms with E-state index in [1.54, 1.807) is 25.1 Å². The molecule has 0 aliphatic heterocycles. The molecule has 3 N–H and O–H groups in total. The van der Waals surface area contributed by atoms with Gasteiger partial charge < -0.3 is 10.6 Å². The van der Waals surface area contributed by atoms with E-state index >= 15 is 0 Å². The zero-order valence-corrected chi connectivity index (χ0v) is 10.6. The minimum Gasteiger partial charge on any atom is -0.384 e. The van der Waals surface area contributed by atoms with Crippen LogP contribution in [0.3, 0.4) is 0 Å². The van der Waals surface area contributed by atoms with Crippen molar-refractivity contribution in [2.75, 3.05) is 11.4 Å². The summed E-state index contributed by atoms with van der Waals surface area (Å²) in [5.41, 5.74) is 7.23. The lowest BCUT2D eigenvalue weighted by Crippen LogP contribution is -2.36. The molecule has 1 saturated carbocycles. The molecule has 0 bridgehead atoms. The first-order valence-electron chi connectivity index (χ1n) is 6.06. The second kappa shape index (κ2) is 4.75. The van der Waals surface area contributed by atoms with Crippen molar-refractivity contribution in [3.63, 3.8) is 0 Å². The minimum atomic E-state index is -4.21. The van der Waals surface area contributed by atoms with Crippen molar-refractivity contribution in [2.24, 2.45) is 5.73 Å². The van der Waals surface area contributed by atoms with Gasteiger partial charge in [-0.3, -0.25) is 5.41 Å². The summed E-state index contributed by atoms with van der Waals surface area (Å²) in [4.78, 5) is 1.39. The monoisotopic (exact) mass is 271 g/mol. The molecule has 0 aromatic heterocycles. The first kappa shape index (κ1) is 13.7. The fraction of sp³-hybridized carbons (Fsp3) is 0.462. The number of hydrogen-bond donors (Lipinski definition) is 2. The molecule has 104 valence electrons. The predicted molar refractivity (Wildman–Crippen MR) is 68.6 cm³/mol. The third-order valence-electron chi connectivity index (χ3n) is 3.17. The number of hydrogen-bond acceptors (Lipinski definition) is 2. The van der Waals surface area contributed by atoms with Gasteiger partial charge in [0, 0.05) is 17.3 Å². The van der Waals surface area contributed by atoms with Gasteiger partial charge in [-0.1, -0.05) is 0 Å². The summed E-state index contributed by atoms with van der Waals surface area (Å²) in [7, 11) is 0. The van der Waals surface area contributed by atoms with E-state index in [2.05, 4.69) is 0 Å². The van der Waals surface area contributed by atoms with Crippen molar-refractivity contribution < 1.29 is 13.2 Å². The Morgan fingerprint density at radius 3 is 2.47 bits per heavy atom. The maximum atomic E-state index is 12.6. The fourth-order valence-electron chi connectivity index (χ4n) is 2.14. The van der Waals surface area contributed by atoms with E-state index in [1.807, 2.05) is 0 Å². The summed E-state index contributed by atoms with van der Waals surface area (Å²) in [6, 6.07) is 4.86. The van der Waals surface area contributed by atoms with Crippen LogP contribution in [-0.4, -0.2) is 24.6 Å². The van der Waals surface area contributed by atoms with Gasteiger partial charge in [0.2, 0.25) is 0 Å². The maximum Gasteiger partial charge on any atom is 0.405 e. The second-order valence-electron chi connectivity index (χ2n) is 4.89. The number of anilines is 1. The number of benzene rings is 1. The van der Waals surface area contributed by atoms with Crippen molar-refractivity contribution in [3.05, 3.63) is 29.3 Å². The van der Waals surface area contributed by atoms with Gasteiger partial charge in [-0.25, -0.2) is 0 Å².